The van der Waals surface area contributed by atoms with Crippen molar-refractivity contribution in [1.82, 2.24) is 0 Å². The molecule has 0 saturated heterocycles. The molecule has 3 unspecified atom stereocenters. The summed E-state index contributed by atoms with van der Waals surface area (Å²) in [5, 5.41) is 20.8. The third-order valence-corrected chi connectivity index (χ3v) is 7.49. The van der Waals surface area contributed by atoms with Gasteiger partial charge in [0.15, 0.2) is 0 Å². The van der Waals surface area contributed by atoms with Crippen LogP contribution in [0.4, 0.5) is 0 Å². The minimum Gasteiger partial charge on any atom is -0.462 e. The summed E-state index contributed by atoms with van der Waals surface area (Å²) >= 11 is 0. The lowest BCUT2D eigenvalue weighted by Gasteiger charge is -2.36. The Kier molecular flexibility index (Phi) is 9.27. The smallest absolute Gasteiger partial charge is 0.306 e. The van der Waals surface area contributed by atoms with E-state index < -0.39 is 24.0 Å². The van der Waals surface area contributed by atoms with Crippen LogP contribution in [0.1, 0.15) is 64.9 Å². The van der Waals surface area contributed by atoms with Gasteiger partial charge in [0.05, 0.1) is 18.6 Å². The van der Waals surface area contributed by atoms with Crippen molar-refractivity contribution < 1.29 is 24.5 Å². The SMILES string of the molecule is CC(C)C1CC[C@@H](C)C[C@H]1OC(=O)CC1C(=O)CC(O)[C@@H]1/C=C/[C@@H](O)CCc1ccccc1. The molecule has 0 aliphatic heterocycles. The Bertz CT molecular complexity index is 802. The molecule has 0 radical (unpaired) electrons. The average molecular weight is 457 g/mol. The van der Waals surface area contributed by atoms with Gasteiger partial charge in [0.25, 0.3) is 0 Å². The van der Waals surface area contributed by atoms with E-state index in [4.69, 9.17) is 4.74 Å². The molecule has 2 aliphatic rings. The number of aliphatic hydroxyl groups excluding tert-OH is 2. The summed E-state index contributed by atoms with van der Waals surface area (Å²) in [6.45, 7) is 6.53. The largest absolute Gasteiger partial charge is 0.462 e. The fourth-order valence-corrected chi connectivity index (χ4v) is 5.45. The highest BCUT2D eigenvalue weighted by Gasteiger charge is 2.42. The van der Waals surface area contributed by atoms with Crippen LogP contribution in [-0.4, -0.2) is 40.3 Å². The first-order chi connectivity index (χ1) is 15.7. The summed E-state index contributed by atoms with van der Waals surface area (Å²) < 4.78 is 5.90. The predicted octanol–water partition coefficient (Wildman–Crippen LogP) is 4.50. The molecule has 1 aromatic carbocycles. The molecule has 2 aliphatic carbocycles. The zero-order chi connectivity index (χ0) is 24.0. The van der Waals surface area contributed by atoms with Gasteiger partial charge >= 0.3 is 5.97 Å². The Hall–Kier alpha value is -1.98. The van der Waals surface area contributed by atoms with E-state index in [0.717, 1.165) is 31.2 Å². The Balaban J connectivity index is 1.57. The number of Topliss-reactive ketones (excluding diaryl/α,β-unsaturated/α-hetero) is 1. The molecule has 0 spiro atoms. The highest BCUT2D eigenvalue weighted by molar-refractivity contribution is 5.88. The number of aryl methyl sites for hydroxylation is 1. The number of esters is 1. The van der Waals surface area contributed by atoms with Gasteiger partial charge in [-0.25, -0.2) is 0 Å². The van der Waals surface area contributed by atoms with Crippen LogP contribution < -0.4 is 0 Å². The fraction of sp³-hybridized carbons (Fsp3) is 0.643. The molecule has 0 bridgehead atoms. The molecular formula is C28H40O5. The van der Waals surface area contributed by atoms with Gasteiger partial charge in [-0.3, -0.25) is 9.59 Å². The molecule has 5 heteroatoms. The lowest BCUT2D eigenvalue weighted by Crippen LogP contribution is -2.36. The summed E-state index contributed by atoms with van der Waals surface area (Å²) in [6, 6.07) is 9.95. The molecular weight excluding hydrogens is 416 g/mol. The molecule has 7 atom stereocenters. The number of ether oxygens (including phenoxy) is 1. The summed E-state index contributed by atoms with van der Waals surface area (Å²) in [7, 11) is 0. The van der Waals surface area contributed by atoms with Crippen molar-refractivity contribution in [2.75, 3.05) is 0 Å². The second kappa shape index (κ2) is 11.9. The maximum Gasteiger partial charge on any atom is 0.306 e. The van der Waals surface area contributed by atoms with Crippen molar-refractivity contribution in [3.05, 3.63) is 48.0 Å². The van der Waals surface area contributed by atoms with Gasteiger partial charge in [0.1, 0.15) is 11.9 Å². The Morgan fingerprint density at radius 3 is 2.64 bits per heavy atom. The van der Waals surface area contributed by atoms with E-state index in [9.17, 15) is 19.8 Å². The average Bonchev–Trinajstić information content (AvgIpc) is 3.03. The van der Waals surface area contributed by atoms with E-state index >= 15 is 0 Å². The van der Waals surface area contributed by atoms with Crippen molar-refractivity contribution in [3.8, 4) is 0 Å². The van der Waals surface area contributed by atoms with Crippen LogP contribution >= 0.6 is 0 Å². The number of carbonyl (C=O) groups excluding carboxylic acids is 2. The molecule has 2 fully saturated rings. The first-order valence-corrected chi connectivity index (χ1v) is 12.5. The molecule has 182 valence electrons. The van der Waals surface area contributed by atoms with Crippen molar-refractivity contribution in [2.24, 2.45) is 29.6 Å². The first-order valence-electron chi connectivity index (χ1n) is 12.5. The molecule has 2 saturated carbocycles. The molecule has 0 aromatic heterocycles. The topological polar surface area (TPSA) is 83.8 Å². The summed E-state index contributed by atoms with van der Waals surface area (Å²) in [4.78, 5) is 25.3. The van der Waals surface area contributed by atoms with Gasteiger partial charge in [-0.1, -0.05) is 69.7 Å². The van der Waals surface area contributed by atoms with E-state index in [2.05, 4.69) is 20.8 Å². The summed E-state index contributed by atoms with van der Waals surface area (Å²) in [5.74, 6) is -0.198. The minimum absolute atomic E-state index is 0.0132. The van der Waals surface area contributed by atoms with Crippen LogP contribution in [-0.2, 0) is 20.7 Å². The van der Waals surface area contributed by atoms with Gasteiger partial charge in [-0.15, -0.1) is 0 Å². The minimum atomic E-state index is -0.828. The van der Waals surface area contributed by atoms with Crippen molar-refractivity contribution in [2.45, 2.75) is 84.0 Å². The highest BCUT2D eigenvalue weighted by Crippen LogP contribution is 2.37. The highest BCUT2D eigenvalue weighted by atomic mass is 16.5. The van der Waals surface area contributed by atoms with Crippen molar-refractivity contribution in [1.29, 1.82) is 0 Å². The van der Waals surface area contributed by atoms with Gasteiger partial charge in [0.2, 0.25) is 0 Å². The Morgan fingerprint density at radius 1 is 1.21 bits per heavy atom. The monoisotopic (exact) mass is 456 g/mol. The van der Waals surface area contributed by atoms with Gasteiger partial charge < -0.3 is 14.9 Å². The van der Waals surface area contributed by atoms with Crippen LogP contribution in [0.5, 0.6) is 0 Å². The second-order valence-electron chi connectivity index (χ2n) is 10.5. The van der Waals surface area contributed by atoms with E-state index in [-0.39, 0.29) is 30.7 Å². The van der Waals surface area contributed by atoms with E-state index in [1.807, 2.05) is 30.3 Å². The van der Waals surface area contributed by atoms with Crippen molar-refractivity contribution >= 4 is 11.8 Å². The van der Waals surface area contributed by atoms with Crippen molar-refractivity contribution in [3.63, 3.8) is 0 Å². The first kappa shape index (κ1) is 25.6. The number of rotatable bonds is 9. The summed E-state index contributed by atoms with van der Waals surface area (Å²) in [6.07, 6.45) is 6.20. The van der Waals surface area contributed by atoms with Crippen LogP contribution in [0.2, 0.25) is 0 Å². The fourth-order valence-electron chi connectivity index (χ4n) is 5.45. The zero-order valence-electron chi connectivity index (χ0n) is 20.2. The number of benzene rings is 1. The maximum absolute atomic E-state index is 12.8. The van der Waals surface area contributed by atoms with Crippen LogP contribution in [0, 0.1) is 29.6 Å². The van der Waals surface area contributed by atoms with E-state index in [0.29, 0.717) is 24.2 Å². The Morgan fingerprint density at radius 2 is 1.94 bits per heavy atom. The number of aliphatic hydroxyl groups is 2. The molecule has 1 aromatic rings. The lowest BCUT2D eigenvalue weighted by atomic mass is 9.75. The zero-order valence-corrected chi connectivity index (χ0v) is 20.2. The number of hydrogen-bond donors (Lipinski definition) is 2. The van der Waals surface area contributed by atoms with E-state index in [1.165, 1.54) is 0 Å². The van der Waals surface area contributed by atoms with Crippen LogP contribution in [0.25, 0.3) is 0 Å². The molecule has 3 rings (SSSR count). The molecule has 2 N–H and O–H groups in total. The predicted molar refractivity (Wildman–Crippen MR) is 128 cm³/mol. The third kappa shape index (κ3) is 7.25. The number of carbonyl (C=O) groups is 2. The number of hydrogen-bond acceptors (Lipinski definition) is 5. The maximum atomic E-state index is 12.8. The van der Waals surface area contributed by atoms with E-state index in [1.54, 1.807) is 12.2 Å². The summed E-state index contributed by atoms with van der Waals surface area (Å²) in [5.41, 5.74) is 1.15. The van der Waals surface area contributed by atoms with Gasteiger partial charge in [-0.2, -0.15) is 0 Å². The molecule has 5 nitrogen and oxygen atoms in total. The third-order valence-electron chi connectivity index (χ3n) is 7.49. The Labute approximate surface area is 198 Å². The van der Waals surface area contributed by atoms with Gasteiger partial charge in [-0.05, 0) is 49.0 Å². The molecule has 33 heavy (non-hydrogen) atoms. The molecule has 0 amide bonds. The standard InChI is InChI=1S/C28H40O5/c1-18(2)22-13-9-19(3)15-27(22)33-28(32)16-24-23(25(30)17-26(24)31)14-12-21(29)11-10-20-7-5-4-6-8-20/h4-8,12,14,18-19,21-25,27,29-30H,9-11,13,15-17H2,1-3H3/b14-12+/t19-,21+,22?,23-,24?,25?,27-/m1/s1. The van der Waals surface area contributed by atoms with Crippen LogP contribution in [0.3, 0.4) is 0 Å². The molecule has 0 heterocycles. The lowest BCUT2D eigenvalue weighted by molar-refractivity contribution is -0.158. The van der Waals surface area contributed by atoms with Crippen LogP contribution in [0.15, 0.2) is 42.5 Å². The number of ketones is 1. The normalized spacial score (nSPS) is 31.3. The van der Waals surface area contributed by atoms with Gasteiger partial charge in [0, 0.05) is 18.3 Å². The quantitative estimate of drug-likeness (QED) is 0.422. The second-order valence-corrected chi connectivity index (χ2v) is 10.5.